The predicted molar refractivity (Wildman–Crippen MR) is 57.4 cm³/mol. The van der Waals surface area contributed by atoms with Gasteiger partial charge in [-0.25, -0.2) is 0 Å². The van der Waals surface area contributed by atoms with Gasteiger partial charge in [0, 0.05) is 16.8 Å². The summed E-state index contributed by atoms with van der Waals surface area (Å²) in [5.41, 5.74) is 1.39. The third kappa shape index (κ3) is 2.72. The molecule has 0 saturated carbocycles. The van der Waals surface area contributed by atoms with Crippen LogP contribution in [0.4, 0.5) is 0 Å². The minimum absolute atomic E-state index is 0.00312. The second-order valence-electron chi connectivity index (χ2n) is 2.92. The average Bonchev–Trinajstić information content (AvgIpc) is 2.14. The van der Waals surface area contributed by atoms with E-state index in [1.165, 1.54) is 6.21 Å². The van der Waals surface area contributed by atoms with Crippen LogP contribution in [-0.4, -0.2) is 29.6 Å². The highest BCUT2D eigenvalue weighted by atomic mass is 35.5. The van der Waals surface area contributed by atoms with Crippen molar-refractivity contribution in [2.45, 2.75) is 6.92 Å². The number of hydrogen-bond acceptors (Lipinski definition) is 3. The van der Waals surface area contributed by atoms with Crippen LogP contribution in [0, 0.1) is 6.92 Å². The third-order valence-corrected chi connectivity index (χ3v) is 2.17. The zero-order chi connectivity index (χ0) is 10.6. The summed E-state index contributed by atoms with van der Waals surface area (Å²) in [5, 5.41) is 18.6. The van der Waals surface area contributed by atoms with E-state index in [1.807, 2.05) is 6.92 Å². The molecule has 0 amide bonds. The first-order valence-electron chi connectivity index (χ1n) is 4.25. The number of benzene rings is 1. The molecule has 0 saturated heterocycles. The van der Waals surface area contributed by atoms with Crippen molar-refractivity contribution in [3.8, 4) is 5.75 Å². The monoisotopic (exact) mass is 213 g/mol. The molecule has 0 heterocycles. The van der Waals surface area contributed by atoms with E-state index < -0.39 is 0 Å². The highest BCUT2D eigenvalue weighted by molar-refractivity contribution is 6.31. The van der Waals surface area contributed by atoms with Gasteiger partial charge in [-0.3, -0.25) is 4.99 Å². The second kappa shape index (κ2) is 4.98. The van der Waals surface area contributed by atoms with Crippen molar-refractivity contribution in [2.75, 3.05) is 13.2 Å². The number of aliphatic hydroxyl groups is 1. The fraction of sp³-hybridized carbons (Fsp3) is 0.300. The molecule has 0 spiro atoms. The molecular weight excluding hydrogens is 202 g/mol. The first-order chi connectivity index (χ1) is 6.65. The molecule has 0 radical (unpaired) electrons. The fourth-order valence-corrected chi connectivity index (χ4v) is 1.18. The van der Waals surface area contributed by atoms with Crippen LogP contribution in [-0.2, 0) is 0 Å². The molecule has 0 fully saturated rings. The van der Waals surface area contributed by atoms with Crippen LogP contribution in [0.25, 0.3) is 0 Å². The van der Waals surface area contributed by atoms with E-state index in [0.717, 1.165) is 5.56 Å². The quantitative estimate of drug-likeness (QED) is 0.752. The van der Waals surface area contributed by atoms with E-state index in [-0.39, 0.29) is 12.4 Å². The Morgan fingerprint density at radius 3 is 2.86 bits per heavy atom. The molecule has 76 valence electrons. The fourth-order valence-electron chi connectivity index (χ4n) is 1.01. The minimum Gasteiger partial charge on any atom is -0.507 e. The van der Waals surface area contributed by atoms with Gasteiger partial charge in [-0.1, -0.05) is 11.6 Å². The molecule has 0 aliphatic carbocycles. The Bertz CT molecular complexity index is 350. The summed E-state index contributed by atoms with van der Waals surface area (Å²) < 4.78 is 0. The summed E-state index contributed by atoms with van der Waals surface area (Å²) in [5.74, 6) is 0.147. The van der Waals surface area contributed by atoms with Crippen molar-refractivity contribution in [3.63, 3.8) is 0 Å². The number of phenols is 1. The van der Waals surface area contributed by atoms with Gasteiger partial charge in [-0.15, -0.1) is 0 Å². The Hall–Kier alpha value is -1.06. The molecule has 0 aliphatic rings. The number of hydrogen-bond donors (Lipinski definition) is 2. The maximum Gasteiger partial charge on any atom is 0.124 e. The maximum atomic E-state index is 9.50. The van der Waals surface area contributed by atoms with E-state index in [9.17, 15) is 5.11 Å². The van der Waals surface area contributed by atoms with Crippen LogP contribution in [0.5, 0.6) is 5.75 Å². The zero-order valence-corrected chi connectivity index (χ0v) is 8.62. The number of aliphatic hydroxyl groups excluding tert-OH is 1. The van der Waals surface area contributed by atoms with Crippen LogP contribution >= 0.6 is 11.6 Å². The number of phenolic OH excluding ortho intramolecular Hbond substituents is 1. The largest absolute Gasteiger partial charge is 0.507 e. The summed E-state index contributed by atoms with van der Waals surface area (Å²) in [6.07, 6.45) is 1.50. The lowest BCUT2D eigenvalue weighted by Crippen LogP contribution is -1.90. The lowest BCUT2D eigenvalue weighted by Gasteiger charge is -2.02. The molecule has 1 aromatic rings. The predicted octanol–water partition coefficient (Wildman–Crippen LogP) is 1.77. The van der Waals surface area contributed by atoms with Crippen molar-refractivity contribution >= 4 is 17.8 Å². The van der Waals surface area contributed by atoms with Gasteiger partial charge in [0.2, 0.25) is 0 Å². The number of aryl methyl sites for hydroxylation is 1. The third-order valence-electron chi connectivity index (χ3n) is 1.77. The minimum atomic E-state index is -0.00312. The molecule has 3 nitrogen and oxygen atoms in total. The van der Waals surface area contributed by atoms with Gasteiger partial charge >= 0.3 is 0 Å². The van der Waals surface area contributed by atoms with Crippen molar-refractivity contribution in [1.29, 1.82) is 0 Å². The summed E-state index contributed by atoms with van der Waals surface area (Å²) in [4.78, 5) is 3.90. The Balaban J connectivity index is 2.92. The standard InChI is InChI=1S/C10H12ClNO2/c1-7-4-10(14)8(5-9(7)11)6-12-2-3-13/h4-6,13-14H,2-3H2,1H3. The van der Waals surface area contributed by atoms with Crippen molar-refractivity contribution in [2.24, 2.45) is 4.99 Å². The van der Waals surface area contributed by atoms with Gasteiger partial charge in [0.25, 0.3) is 0 Å². The molecule has 2 N–H and O–H groups in total. The number of aromatic hydroxyl groups is 1. The van der Waals surface area contributed by atoms with Gasteiger partial charge in [-0.05, 0) is 24.6 Å². The number of nitrogens with zero attached hydrogens (tertiary/aromatic N) is 1. The Labute approximate surface area is 87.7 Å². The van der Waals surface area contributed by atoms with Gasteiger partial charge in [0.1, 0.15) is 5.75 Å². The van der Waals surface area contributed by atoms with E-state index in [4.69, 9.17) is 16.7 Å². The van der Waals surface area contributed by atoms with Gasteiger partial charge < -0.3 is 10.2 Å². The van der Waals surface area contributed by atoms with Crippen molar-refractivity contribution < 1.29 is 10.2 Å². The maximum absolute atomic E-state index is 9.50. The Kier molecular flexibility index (Phi) is 3.92. The summed E-state index contributed by atoms with van der Waals surface area (Å²) in [7, 11) is 0. The molecule has 0 atom stereocenters. The first kappa shape index (κ1) is 11.0. The number of halogens is 1. The molecule has 4 heteroatoms. The highest BCUT2D eigenvalue weighted by Gasteiger charge is 2.02. The number of aliphatic imine (C=N–C) groups is 1. The van der Waals surface area contributed by atoms with Crippen LogP contribution in [0.3, 0.4) is 0 Å². The SMILES string of the molecule is Cc1cc(O)c(C=NCCO)cc1Cl. The Morgan fingerprint density at radius 1 is 1.50 bits per heavy atom. The number of rotatable bonds is 3. The average molecular weight is 214 g/mol. The Morgan fingerprint density at radius 2 is 2.21 bits per heavy atom. The van der Waals surface area contributed by atoms with Gasteiger partial charge in [-0.2, -0.15) is 0 Å². The second-order valence-corrected chi connectivity index (χ2v) is 3.33. The first-order valence-corrected chi connectivity index (χ1v) is 4.62. The smallest absolute Gasteiger partial charge is 0.124 e. The molecule has 0 bridgehead atoms. The van der Waals surface area contributed by atoms with E-state index >= 15 is 0 Å². The molecule has 0 aliphatic heterocycles. The molecule has 0 aromatic heterocycles. The molecule has 0 unspecified atom stereocenters. The van der Waals surface area contributed by atoms with Crippen LogP contribution in [0.15, 0.2) is 17.1 Å². The molecule has 1 aromatic carbocycles. The highest BCUT2D eigenvalue weighted by Crippen LogP contribution is 2.24. The van der Waals surface area contributed by atoms with Crippen LogP contribution in [0.2, 0.25) is 5.02 Å². The van der Waals surface area contributed by atoms with Gasteiger partial charge in [0.05, 0.1) is 13.2 Å². The zero-order valence-electron chi connectivity index (χ0n) is 7.87. The van der Waals surface area contributed by atoms with Crippen molar-refractivity contribution in [3.05, 3.63) is 28.3 Å². The summed E-state index contributed by atoms with van der Waals surface area (Å²) in [6.45, 7) is 2.14. The van der Waals surface area contributed by atoms with Crippen molar-refractivity contribution in [1.82, 2.24) is 0 Å². The summed E-state index contributed by atoms with van der Waals surface area (Å²) >= 11 is 5.88. The van der Waals surface area contributed by atoms with E-state index in [2.05, 4.69) is 4.99 Å². The molecular formula is C10H12ClNO2. The lowest BCUT2D eigenvalue weighted by atomic mass is 10.1. The molecule has 1 rings (SSSR count). The molecule has 14 heavy (non-hydrogen) atoms. The van der Waals surface area contributed by atoms with Crippen LogP contribution < -0.4 is 0 Å². The normalized spacial score (nSPS) is 11.1. The van der Waals surface area contributed by atoms with E-state index in [0.29, 0.717) is 17.1 Å². The topological polar surface area (TPSA) is 52.8 Å². The summed E-state index contributed by atoms with van der Waals surface area (Å²) in [6, 6.07) is 3.23. The van der Waals surface area contributed by atoms with E-state index in [1.54, 1.807) is 12.1 Å². The lowest BCUT2D eigenvalue weighted by molar-refractivity contribution is 0.307. The van der Waals surface area contributed by atoms with Crippen LogP contribution in [0.1, 0.15) is 11.1 Å². The van der Waals surface area contributed by atoms with Gasteiger partial charge in [0.15, 0.2) is 0 Å².